The molecule has 0 bridgehead atoms. The molecule has 1 N–H and O–H groups in total. The largest absolute Gasteiger partial charge is 0.465 e. The lowest BCUT2D eigenvalue weighted by Gasteiger charge is -2.28. The van der Waals surface area contributed by atoms with Crippen LogP contribution < -0.4 is 0 Å². The van der Waals surface area contributed by atoms with E-state index in [0.29, 0.717) is 13.2 Å². The molecule has 1 unspecified atom stereocenters. The maximum atomic E-state index is 12.1. The Kier molecular flexibility index (Phi) is 14.1. The van der Waals surface area contributed by atoms with Crippen molar-refractivity contribution in [3.63, 3.8) is 0 Å². The Hall–Kier alpha value is -3.01. The van der Waals surface area contributed by atoms with Gasteiger partial charge in [-0.1, -0.05) is 38.1 Å². The number of carbonyl (C=O) groups is 1. The minimum Gasteiger partial charge on any atom is -0.465 e. The standard InChI is InChI=1S/C32H51N7O2/c1-6-18-37(19-7-2)21-10-9-20-36(5)23-28-11-13-29(14-12-28)24-39(27(4)32-34-15-16-35-32)25-30-33-17-22-38(30)26-31(40)41-8-3/h11-17,22,27H,6-10,18-21,23-26H2,1-5H3,(H,34,35). The van der Waals surface area contributed by atoms with E-state index in [1.165, 1.54) is 56.4 Å². The smallest absolute Gasteiger partial charge is 0.325 e. The predicted molar refractivity (Wildman–Crippen MR) is 164 cm³/mol. The topological polar surface area (TPSA) is 82.5 Å². The maximum absolute atomic E-state index is 12.1. The molecule has 0 aliphatic carbocycles. The van der Waals surface area contributed by atoms with Crippen molar-refractivity contribution in [1.29, 1.82) is 0 Å². The highest BCUT2D eigenvalue weighted by atomic mass is 16.5. The second kappa shape index (κ2) is 17.7. The molecule has 0 spiro atoms. The van der Waals surface area contributed by atoms with E-state index in [-0.39, 0.29) is 18.6 Å². The monoisotopic (exact) mass is 565 g/mol. The van der Waals surface area contributed by atoms with Gasteiger partial charge in [0.2, 0.25) is 0 Å². The van der Waals surface area contributed by atoms with Gasteiger partial charge in [0.25, 0.3) is 0 Å². The first-order valence-corrected chi connectivity index (χ1v) is 15.3. The number of rotatable bonds is 20. The number of nitrogens with zero attached hydrogens (tertiary/aromatic N) is 6. The van der Waals surface area contributed by atoms with Crippen molar-refractivity contribution in [2.24, 2.45) is 0 Å². The summed E-state index contributed by atoms with van der Waals surface area (Å²) in [6, 6.07) is 8.97. The summed E-state index contributed by atoms with van der Waals surface area (Å²) in [5.41, 5.74) is 2.55. The molecule has 1 aromatic carbocycles. The summed E-state index contributed by atoms with van der Waals surface area (Å²) >= 11 is 0. The van der Waals surface area contributed by atoms with E-state index in [1.54, 1.807) is 12.4 Å². The van der Waals surface area contributed by atoms with Gasteiger partial charge in [0.15, 0.2) is 0 Å². The molecule has 0 aliphatic heterocycles. The lowest BCUT2D eigenvalue weighted by Crippen LogP contribution is -2.29. The predicted octanol–water partition coefficient (Wildman–Crippen LogP) is 5.27. The van der Waals surface area contributed by atoms with Gasteiger partial charge >= 0.3 is 5.97 Å². The molecule has 9 nitrogen and oxygen atoms in total. The lowest BCUT2D eigenvalue weighted by atomic mass is 10.1. The number of aromatic nitrogens is 4. The van der Waals surface area contributed by atoms with Crippen molar-refractivity contribution < 1.29 is 9.53 Å². The van der Waals surface area contributed by atoms with Gasteiger partial charge in [-0.25, -0.2) is 9.97 Å². The Labute approximate surface area is 246 Å². The lowest BCUT2D eigenvalue weighted by molar-refractivity contribution is -0.143. The van der Waals surface area contributed by atoms with Gasteiger partial charge in [-0.15, -0.1) is 0 Å². The van der Waals surface area contributed by atoms with Crippen molar-refractivity contribution in [2.75, 3.05) is 39.8 Å². The highest BCUT2D eigenvalue weighted by molar-refractivity contribution is 5.69. The first-order chi connectivity index (χ1) is 19.9. The number of carbonyl (C=O) groups excluding carboxylic acids is 1. The third kappa shape index (κ3) is 11.1. The number of benzene rings is 1. The fourth-order valence-corrected chi connectivity index (χ4v) is 5.23. The number of imidazole rings is 2. The van der Waals surface area contributed by atoms with Crippen molar-refractivity contribution in [3.8, 4) is 0 Å². The van der Waals surface area contributed by atoms with Crippen molar-refractivity contribution in [2.45, 2.75) is 85.6 Å². The third-order valence-electron chi connectivity index (χ3n) is 7.42. The van der Waals surface area contributed by atoms with E-state index in [1.807, 2.05) is 23.9 Å². The maximum Gasteiger partial charge on any atom is 0.325 e. The van der Waals surface area contributed by atoms with Crippen LogP contribution in [-0.2, 0) is 35.7 Å². The molecule has 0 saturated carbocycles. The molecule has 226 valence electrons. The molecule has 0 radical (unpaired) electrons. The van der Waals surface area contributed by atoms with Crippen LogP contribution in [0.1, 0.15) is 82.2 Å². The first kappa shape index (κ1) is 32.5. The molecule has 9 heteroatoms. The Morgan fingerprint density at radius 2 is 1.61 bits per heavy atom. The van der Waals surface area contributed by atoms with Gasteiger partial charge in [0.1, 0.15) is 18.2 Å². The number of H-pyrrole nitrogens is 1. The summed E-state index contributed by atoms with van der Waals surface area (Å²) in [5.74, 6) is 1.47. The van der Waals surface area contributed by atoms with Gasteiger partial charge in [-0.3, -0.25) is 9.69 Å². The number of hydrogen-bond acceptors (Lipinski definition) is 7. The molecule has 3 aromatic rings. The van der Waals surface area contributed by atoms with Gasteiger partial charge in [-0.2, -0.15) is 0 Å². The quantitative estimate of drug-likeness (QED) is 0.148. The average molecular weight is 566 g/mol. The van der Waals surface area contributed by atoms with Crippen molar-refractivity contribution in [1.82, 2.24) is 34.2 Å². The number of hydrogen-bond donors (Lipinski definition) is 1. The van der Waals surface area contributed by atoms with Crippen molar-refractivity contribution >= 4 is 5.97 Å². The minimum absolute atomic E-state index is 0.0362. The van der Waals surface area contributed by atoms with Crippen molar-refractivity contribution in [3.05, 3.63) is 71.8 Å². The summed E-state index contributed by atoms with van der Waals surface area (Å²) in [4.78, 5) is 31.8. The summed E-state index contributed by atoms with van der Waals surface area (Å²) in [5, 5.41) is 0. The fourth-order valence-electron chi connectivity index (χ4n) is 5.23. The van der Waals surface area contributed by atoms with Crippen LogP contribution in [0.3, 0.4) is 0 Å². The van der Waals surface area contributed by atoms with Gasteiger partial charge in [0, 0.05) is 37.9 Å². The molecule has 2 heterocycles. The van der Waals surface area contributed by atoms with E-state index in [4.69, 9.17) is 4.74 Å². The molecule has 41 heavy (non-hydrogen) atoms. The van der Waals surface area contributed by atoms with Crippen LogP contribution >= 0.6 is 0 Å². The van der Waals surface area contributed by atoms with E-state index >= 15 is 0 Å². The Morgan fingerprint density at radius 3 is 2.24 bits per heavy atom. The molecular weight excluding hydrogens is 514 g/mol. The molecule has 0 saturated heterocycles. The number of unbranched alkanes of at least 4 members (excludes halogenated alkanes) is 1. The Morgan fingerprint density at radius 1 is 0.927 bits per heavy atom. The molecular formula is C32H51N7O2. The third-order valence-corrected chi connectivity index (χ3v) is 7.42. The Bertz CT molecular complexity index is 1110. The SMILES string of the molecule is CCCN(CCC)CCCCN(C)Cc1ccc(CN(Cc2nccn2CC(=O)OCC)C(C)c2ncc[nH]2)cc1. The summed E-state index contributed by atoms with van der Waals surface area (Å²) in [6.07, 6.45) is 12.1. The molecule has 0 fully saturated rings. The summed E-state index contributed by atoms with van der Waals surface area (Å²) in [6.45, 7) is 16.0. The zero-order valence-electron chi connectivity index (χ0n) is 25.9. The highest BCUT2D eigenvalue weighted by Gasteiger charge is 2.21. The second-order valence-corrected chi connectivity index (χ2v) is 10.9. The van der Waals surface area contributed by atoms with Crippen LogP contribution in [0.5, 0.6) is 0 Å². The zero-order valence-corrected chi connectivity index (χ0v) is 25.9. The Balaban J connectivity index is 1.57. The summed E-state index contributed by atoms with van der Waals surface area (Å²) in [7, 11) is 2.22. The number of ether oxygens (including phenoxy) is 1. The van der Waals surface area contributed by atoms with E-state index < -0.39 is 0 Å². The van der Waals surface area contributed by atoms with Gasteiger partial charge in [0.05, 0.1) is 19.2 Å². The van der Waals surface area contributed by atoms with Crippen LogP contribution in [0.15, 0.2) is 49.1 Å². The molecule has 0 aliphatic rings. The average Bonchev–Trinajstić information content (AvgIpc) is 3.64. The van der Waals surface area contributed by atoms with Crippen LogP contribution in [0, 0.1) is 0 Å². The van der Waals surface area contributed by atoms with Crippen LogP contribution in [0.25, 0.3) is 0 Å². The summed E-state index contributed by atoms with van der Waals surface area (Å²) < 4.78 is 7.01. The first-order valence-electron chi connectivity index (χ1n) is 15.3. The molecule has 0 amide bonds. The fraction of sp³-hybridized carbons (Fsp3) is 0.594. The normalized spacial score (nSPS) is 12.5. The molecule has 1 atom stereocenters. The van der Waals surface area contributed by atoms with Crippen LogP contribution in [-0.4, -0.2) is 80.0 Å². The highest BCUT2D eigenvalue weighted by Crippen LogP contribution is 2.22. The van der Waals surface area contributed by atoms with Gasteiger partial charge < -0.3 is 24.1 Å². The van der Waals surface area contributed by atoms with Crippen LogP contribution in [0.4, 0.5) is 0 Å². The zero-order chi connectivity index (χ0) is 29.5. The van der Waals surface area contributed by atoms with Gasteiger partial charge in [-0.05, 0) is 83.9 Å². The van der Waals surface area contributed by atoms with Crippen LogP contribution in [0.2, 0.25) is 0 Å². The van der Waals surface area contributed by atoms with E-state index in [9.17, 15) is 4.79 Å². The second-order valence-electron chi connectivity index (χ2n) is 10.9. The van der Waals surface area contributed by atoms with E-state index in [0.717, 1.165) is 31.3 Å². The molecule has 3 rings (SSSR count). The van der Waals surface area contributed by atoms with E-state index in [2.05, 4.69) is 81.7 Å². The number of aromatic amines is 1. The number of nitrogens with one attached hydrogen (secondary N) is 1. The minimum atomic E-state index is -0.257. The molecule has 2 aromatic heterocycles. The number of esters is 1.